The van der Waals surface area contributed by atoms with Crippen LogP contribution < -0.4 is 10.5 Å². The van der Waals surface area contributed by atoms with Crippen LogP contribution in [0.5, 0.6) is 0 Å². The minimum Gasteiger partial charge on any atom is -0.398 e. The number of nitrogen functional groups attached to an aromatic ring is 1. The van der Waals surface area contributed by atoms with Gasteiger partial charge >= 0.3 is 0 Å². The van der Waals surface area contributed by atoms with Crippen molar-refractivity contribution in [1.82, 2.24) is 9.62 Å². The van der Waals surface area contributed by atoms with Crippen LogP contribution in [0.2, 0.25) is 0 Å². The van der Waals surface area contributed by atoms with Crippen LogP contribution in [0.3, 0.4) is 0 Å². The van der Waals surface area contributed by atoms with Gasteiger partial charge in [0.05, 0.1) is 5.69 Å². The molecular weight excluding hydrogens is 285 g/mol. The fraction of sp³-hybridized carbons (Fsp3) is 0.417. The Hall–Kier alpha value is -1.67. The van der Waals surface area contributed by atoms with Crippen molar-refractivity contribution < 1.29 is 17.6 Å². The number of sulfonamides is 1. The van der Waals surface area contributed by atoms with Crippen molar-refractivity contribution in [3.8, 4) is 0 Å². The smallest absolute Gasteiger partial charge is 0.242 e. The molecule has 0 aliphatic carbocycles. The molecule has 110 valence electrons. The van der Waals surface area contributed by atoms with E-state index >= 15 is 0 Å². The number of carbonyl (C=O) groups is 1. The molecule has 1 aromatic carbocycles. The molecule has 1 amide bonds. The third kappa shape index (κ3) is 3.07. The van der Waals surface area contributed by atoms with E-state index in [-0.39, 0.29) is 22.5 Å². The Morgan fingerprint density at radius 3 is 2.75 bits per heavy atom. The van der Waals surface area contributed by atoms with Gasteiger partial charge in [0.1, 0.15) is 10.7 Å². The van der Waals surface area contributed by atoms with Crippen LogP contribution in [0.25, 0.3) is 0 Å². The topological polar surface area (TPSA) is 92.5 Å². The maximum atomic E-state index is 12.9. The second-order valence-electron chi connectivity index (χ2n) is 4.81. The Morgan fingerprint density at radius 2 is 2.15 bits per heavy atom. The Morgan fingerprint density at radius 1 is 1.45 bits per heavy atom. The van der Waals surface area contributed by atoms with Gasteiger partial charge < -0.3 is 10.6 Å². The molecule has 1 saturated heterocycles. The number of anilines is 1. The molecule has 1 aliphatic heterocycles. The number of halogens is 1. The fourth-order valence-electron chi connectivity index (χ4n) is 2.16. The van der Waals surface area contributed by atoms with Crippen molar-refractivity contribution >= 4 is 21.6 Å². The van der Waals surface area contributed by atoms with E-state index < -0.39 is 15.8 Å². The van der Waals surface area contributed by atoms with Crippen molar-refractivity contribution in [2.24, 2.45) is 0 Å². The van der Waals surface area contributed by atoms with E-state index in [0.29, 0.717) is 19.4 Å². The lowest BCUT2D eigenvalue weighted by molar-refractivity contribution is -0.132. The molecule has 0 saturated carbocycles. The first-order chi connectivity index (χ1) is 9.29. The molecule has 1 aromatic rings. The number of likely N-dealkylation sites (tertiary alicyclic amines) is 1. The largest absolute Gasteiger partial charge is 0.398 e. The maximum absolute atomic E-state index is 12.9. The average Bonchev–Trinajstić information content (AvgIpc) is 2.33. The molecule has 2 rings (SSSR count). The number of hydrogen-bond donors (Lipinski definition) is 2. The summed E-state index contributed by atoms with van der Waals surface area (Å²) in [7, 11) is -2.21. The number of hydrogen-bond acceptors (Lipinski definition) is 4. The monoisotopic (exact) mass is 301 g/mol. The van der Waals surface area contributed by atoms with Gasteiger partial charge in [0.15, 0.2) is 0 Å². The lowest BCUT2D eigenvalue weighted by Crippen LogP contribution is -2.48. The van der Waals surface area contributed by atoms with Crippen molar-refractivity contribution in [2.45, 2.75) is 23.8 Å². The summed E-state index contributed by atoms with van der Waals surface area (Å²) in [5.74, 6) is -0.605. The van der Waals surface area contributed by atoms with Crippen LogP contribution in [0.15, 0.2) is 23.1 Å². The number of nitrogens with one attached hydrogen (secondary N) is 1. The number of amides is 1. The Bertz CT molecular complexity index is 633. The number of carbonyl (C=O) groups excluding carboxylic acids is 1. The van der Waals surface area contributed by atoms with E-state index in [1.807, 2.05) is 0 Å². The second-order valence-corrected chi connectivity index (χ2v) is 6.50. The highest BCUT2D eigenvalue weighted by Crippen LogP contribution is 2.20. The molecule has 0 radical (unpaired) electrons. The zero-order valence-electron chi connectivity index (χ0n) is 11.0. The number of nitrogens with zero attached hydrogens (tertiary/aromatic N) is 1. The minimum atomic E-state index is -3.83. The van der Waals surface area contributed by atoms with Crippen LogP contribution in [0.1, 0.15) is 12.8 Å². The van der Waals surface area contributed by atoms with Gasteiger partial charge in [0.2, 0.25) is 15.9 Å². The average molecular weight is 301 g/mol. The molecule has 1 fully saturated rings. The van der Waals surface area contributed by atoms with E-state index in [0.717, 1.165) is 18.2 Å². The highest BCUT2D eigenvalue weighted by atomic mass is 32.2. The highest BCUT2D eigenvalue weighted by Gasteiger charge is 2.28. The molecule has 1 aliphatic rings. The first-order valence-corrected chi connectivity index (χ1v) is 7.59. The zero-order chi connectivity index (χ0) is 14.9. The van der Waals surface area contributed by atoms with Gasteiger partial charge in [-0.3, -0.25) is 4.79 Å². The van der Waals surface area contributed by atoms with Crippen molar-refractivity contribution in [2.75, 3.05) is 19.3 Å². The fourth-order valence-corrected chi connectivity index (χ4v) is 3.53. The van der Waals surface area contributed by atoms with E-state index in [2.05, 4.69) is 4.72 Å². The molecule has 8 heteroatoms. The number of rotatable bonds is 3. The molecule has 1 atom stereocenters. The Labute approximate surface area is 116 Å². The molecule has 1 unspecified atom stereocenters. The third-order valence-electron chi connectivity index (χ3n) is 3.21. The van der Waals surface area contributed by atoms with Crippen LogP contribution >= 0.6 is 0 Å². The van der Waals surface area contributed by atoms with Crippen LogP contribution in [0.4, 0.5) is 10.1 Å². The van der Waals surface area contributed by atoms with Crippen molar-refractivity contribution in [1.29, 1.82) is 0 Å². The van der Waals surface area contributed by atoms with Gasteiger partial charge in [-0.1, -0.05) is 0 Å². The van der Waals surface area contributed by atoms with Gasteiger partial charge in [-0.05, 0) is 24.6 Å². The molecule has 3 N–H and O–H groups in total. The first-order valence-electron chi connectivity index (χ1n) is 6.11. The minimum absolute atomic E-state index is 0.0123. The lowest BCUT2D eigenvalue weighted by Gasteiger charge is -2.30. The number of likely N-dealkylation sites (N-methyl/N-ethyl adjacent to an activating group) is 1. The molecule has 0 spiro atoms. The summed E-state index contributed by atoms with van der Waals surface area (Å²) >= 11 is 0. The first kappa shape index (κ1) is 14.7. The van der Waals surface area contributed by atoms with E-state index in [4.69, 9.17) is 5.73 Å². The van der Waals surface area contributed by atoms with Crippen LogP contribution in [0, 0.1) is 5.82 Å². The van der Waals surface area contributed by atoms with Crippen LogP contribution in [-0.4, -0.2) is 38.9 Å². The zero-order valence-corrected chi connectivity index (χ0v) is 11.8. The Balaban J connectivity index is 2.17. The van der Waals surface area contributed by atoms with E-state index in [1.54, 1.807) is 7.05 Å². The summed E-state index contributed by atoms with van der Waals surface area (Å²) in [6.07, 6.45) is 0.728. The van der Waals surface area contributed by atoms with E-state index in [9.17, 15) is 17.6 Å². The molecule has 20 heavy (non-hydrogen) atoms. The highest BCUT2D eigenvalue weighted by molar-refractivity contribution is 7.89. The van der Waals surface area contributed by atoms with E-state index in [1.165, 1.54) is 4.90 Å². The normalized spacial score (nSPS) is 20.2. The molecule has 0 aromatic heterocycles. The standard InChI is InChI=1S/C12H16FN3O3S/c1-16-7-9(3-5-12(16)17)15-20(18,19)11-4-2-8(13)6-10(11)14/h2,4,6,9,15H,3,5,7,14H2,1H3. The predicted octanol–water partition coefficient (Wildman–Crippen LogP) is 0.307. The van der Waals surface area contributed by atoms with Gasteiger partial charge in [0.25, 0.3) is 0 Å². The van der Waals surface area contributed by atoms with Crippen LogP contribution in [-0.2, 0) is 14.8 Å². The SMILES string of the molecule is CN1CC(NS(=O)(=O)c2ccc(F)cc2N)CCC1=O. The number of piperidine rings is 1. The van der Waals surface area contributed by atoms with Crippen molar-refractivity contribution in [3.05, 3.63) is 24.0 Å². The second kappa shape index (κ2) is 5.37. The summed E-state index contributed by atoms with van der Waals surface area (Å²) in [5, 5.41) is 0. The van der Waals surface area contributed by atoms with Crippen molar-refractivity contribution in [3.63, 3.8) is 0 Å². The quantitative estimate of drug-likeness (QED) is 0.786. The molecule has 6 nitrogen and oxygen atoms in total. The molecular formula is C12H16FN3O3S. The molecule has 0 bridgehead atoms. The van der Waals surface area contributed by atoms with Gasteiger partial charge in [0, 0.05) is 26.1 Å². The predicted molar refractivity (Wildman–Crippen MR) is 71.8 cm³/mol. The lowest BCUT2D eigenvalue weighted by atomic mass is 10.1. The third-order valence-corrected chi connectivity index (χ3v) is 4.80. The number of nitrogens with two attached hydrogens (primary N) is 1. The molecule has 1 heterocycles. The summed E-state index contributed by atoms with van der Waals surface area (Å²) < 4.78 is 39.9. The number of benzene rings is 1. The Kier molecular flexibility index (Phi) is 3.96. The maximum Gasteiger partial charge on any atom is 0.242 e. The summed E-state index contributed by atoms with van der Waals surface area (Å²) in [5.41, 5.74) is 5.40. The summed E-state index contributed by atoms with van der Waals surface area (Å²) in [6, 6.07) is 2.77. The summed E-state index contributed by atoms with van der Waals surface area (Å²) in [6.45, 7) is 0.305. The van der Waals surface area contributed by atoms with Gasteiger partial charge in [-0.15, -0.1) is 0 Å². The summed E-state index contributed by atoms with van der Waals surface area (Å²) in [4.78, 5) is 12.7. The van der Waals surface area contributed by atoms with Gasteiger partial charge in [-0.2, -0.15) is 0 Å². The van der Waals surface area contributed by atoms with Gasteiger partial charge in [-0.25, -0.2) is 17.5 Å².